The molecular weight excluding hydrogens is 224 g/mol. The minimum Gasteiger partial charge on any atom is -0.444 e. The molecule has 17 heavy (non-hydrogen) atoms. The summed E-state index contributed by atoms with van der Waals surface area (Å²) in [6.45, 7) is 8.54. The monoisotopic (exact) mass is 246 g/mol. The summed E-state index contributed by atoms with van der Waals surface area (Å²) in [4.78, 5) is 22.6. The maximum Gasteiger partial charge on any atom is 0.408 e. The normalized spacial score (nSPS) is 15.2. The van der Waals surface area contributed by atoms with Crippen molar-refractivity contribution in [1.29, 1.82) is 0 Å². The van der Waals surface area contributed by atoms with Gasteiger partial charge in [0.05, 0.1) is 6.10 Å². The highest BCUT2D eigenvalue weighted by Gasteiger charge is 2.30. The van der Waals surface area contributed by atoms with Gasteiger partial charge in [0, 0.05) is 0 Å². The van der Waals surface area contributed by atoms with Gasteiger partial charge in [-0.1, -0.05) is 13.8 Å². The topological polar surface area (TPSA) is 102 Å². The quantitative estimate of drug-likeness (QED) is 0.667. The largest absolute Gasteiger partial charge is 0.444 e. The van der Waals surface area contributed by atoms with Crippen LogP contribution in [0.25, 0.3) is 0 Å². The summed E-state index contributed by atoms with van der Waals surface area (Å²) in [5, 5.41) is 12.0. The molecule has 0 heterocycles. The fourth-order valence-electron chi connectivity index (χ4n) is 1.14. The maximum absolute atomic E-state index is 11.4. The summed E-state index contributed by atoms with van der Waals surface area (Å²) in [5.41, 5.74) is 4.45. The van der Waals surface area contributed by atoms with E-state index in [0.29, 0.717) is 0 Å². The molecule has 6 nitrogen and oxygen atoms in total. The second-order valence-corrected chi connectivity index (χ2v) is 5.26. The lowest BCUT2D eigenvalue weighted by atomic mass is 9.99. The summed E-state index contributed by atoms with van der Waals surface area (Å²) in [6.07, 6.45) is -1.82. The van der Waals surface area contributed by atoms with Crippen molar-refractivity contribution < 1.29 is 19.4 Å². The average molecular weight is 246 g/mol. The summed E-state index contributed by atoms with van der Waals surface area (Å²) >= 11 is 0. The molecule has 0 aliphatic rings. The van der Waals surface area contributed by atoms with Gasteiger partial charge in [-0.3, -0.25) is 4.79 Å². The number of amides is 2. The average Bonchev–Trinajstić information content (AvgIpc) is 2.09. The molecule has 4 N–H and O–H groups in total. The van der Waals surface area contributed by atoms with Crippen LogP contribution in [0.2, 0.25) is 0 Å². The van der Waals surface area contributed by atoms with Crippen molar-refractivity contribution in [2.75, 3.05) is 0 Å². The Morgan fingerprint density at radius 1 is 1.29 bits per heavy atom. The van der Waals surface area contributed by atoms with E-state index in [1.165, 1.54) is 0 Å². The number of ether oxygens (including phenoxy) is 1. The molecule has 0 aliphatic heterocycles. The molecule has 0 radical (unpaired) electrons. The third-order valence-electron chi connectivity index (χ3n) is 2.00. The van der Waals surface area contributed by atoms with E-state index in [0.717, 1.165) is 0 Å². The van der Waals surface area contributed by atoms with Crippen molar-refractivity contribution in [3.63, 3.8) is 0 Å². The number of nitrogens with two attached hydrogens (primary N) is 1. The third kappa shape index (κ3) is 6.11. The number of rotatable bonds is 4. The molecule has 0 aromatic rings. The van der Waals surface area contributed by atoms with Crippen molar-refractivity contribution in [2.45, 2.75) is 52.4 Å². The van der Waals surface area contributed by atoms with Gasteiger partial charge in [-0.2, -0.15) is 0 Å². The molecule has 100 valence electrons. The standard InChI is InChI=1S/C11H22N2O4/c1-6(2)8(14)7(9(12)15)13-10(16)17-11(3,4)5/h6-8,14H,1-5H3,(H2,12,15)(H,13,16)/t7-,8+/m0/s1. The lowest BCUT2D eigenvalue weighted by Gasteiger charge is -2.26. The summed E-state index contributed by atoms with van der Waals surface area (Å²) in [5.74, 6) is -1.00. The molecule has 6 heteroatoms. The third-order valence-corrected chi connectivity index (χ3v) is 2.00. The highest BCUT2D eigenvalue weighted by molar-refractivity contribution is 5.84. The van der Waals surface area contributed by atoms with Crippen molar-refractivity contribution in [3.05, 3.63) is 0 Å². The first-order valence-corrected chi connectivity index (χ1v) is 5.51. The van der Waals surface area contributed by atoms with Gasteiger partial charge in [-0.05, 0) is 26.7 Å². The number of aliphatic hydroxyl groups is 1. The first kappa shape index (κ1) is 15.7. The van der Waals surface area contributed by atoms with E-state index in [4.69, 9.17) is 10.5 Å². The Balaban J connectivity index is 4.57. The Hall–Kier alpha value is -1.30. The van der Waals surface area contributed by atoms with Crippen molar-refractivity contribution >= 4 is 12.0 Å². The molecule has 0 rings (SSSR count). The number of alkyl carbamates (subject to hydrolysis) is 1. The molecule has 0 saturated carbocycles. The van der Waals surface area contributed by atoms with Gasteiger partial charge in [0.1, 0.15) is 11.6 Å². The van der Waals surface area contributed by atoms with Gasteiger partial charge in [0.2, 0.25) is 5.91 Å². The van der Waals surface area contributed by atoms with Crippen molar-refractivity contribution in [2.24, 2.45) is 11.7 Å². The highest BCUT2D eigenvalue weighted by atomic mass is 16.6. The summed E-state index contributed by atoms with van der Waals surface area (Å²) in [6, 6.07) is -1.15. The van der Waals surface area contributed by atoms with Crippen LogP contribution >= 0.6 is 0 Å². The van der Waals surface area contributed by atoms with Crippen LogP contribution in [0.15, 0.2) is 0 Å². The molecule has 2 amide bonds. The number of carbonyl (C=O) groups is 2. The van der Waals surface area contributed by atoms with Crippen LogP contribution in [-0.4, -0.2) is 34.9 Å². The van der Waals surface area contributed by atoms with E-state index in [1.54, 1.807) is 34.6 Å². The van der Waals surface area contributed by atoms with Gasteiger partial charge < -0.3 is 20.9 Å². The van der Waals surface area contributed by atoms with Gasteiger partial charge in [-0.15, -0.1) is 0 Å². The maximum atomic E-state index is 11.4. The number of hydrogen-bond donors (Lipinski definition) is 3. The van der Waals surface area contributed by atoms with E-state index >= 15 is 0 Å². The van der Waals surface area contributed by atoms with E-state index in [1.807, 2.05) is 0 Å². The number of aliphatic hydroxyl groups excluding tert-OH is 1. The smallest absolute Gasteiger partial charge is 0.408 e. The zero-order valence-electron chi connectivity index (χ0n) is 11.0. The molecule has 0 unspecified atom stereocenters. The van der Waals surface area contributed by atoms with Crippen LogP contribution < -0.4 is 11.1 Å². The number of primary amides is 1. The second-order valence-electron chi connectivity index (χ2n) is 5.26. The Bertz CT molecular complexity index is 284. The number of carbonyl (C=O) groups excluding carboxylic acids is 2. The van der Waals surface area contributed by atoms with E-state index in [9.17, 15) is 14.7 Å². The SMILES string of the molecule is CC(C)[C@@H](O)[C@H](NC(=O)OC(C)(C)C)C(N)=O. The number of hydrogen-bond acceptors (Lipinski definition) is 4. The molecule has 2 atom stereocenters. The van der Waals surface area contributed by atoms with Gasteiger partial charge in [0.25, 0.3) is 0 Å². The van der Waals surface area contributed by atoms with E-state index < -0.39 is 29.7 Å². The Labute approximate surface area is 102 Å². The van der Waals surface area contributed by atoms with Gasteiger partial charge in [-0.25, -0.2) is 4.79 Å². The predicted molar refractivity (Wildman–Crippen MR) is 63.2 cm³/mol. The van der Waals surface area contributed by atoms with Crippen molar-refractivity contribution in [1.82, 2.24) is 5.32 Å². The zero-order chi connectivity index (χ0) is 13.8. The molecule has 0 spiro atoms. The van der Waals surface area contributed by atoms with Crippen LogP contribution in [0.1, 0.15) is 34.6 Å². The molecule has 0 aromatic carbocycles. The highest BCUT2D eigenvalue weighted by Crippen LogP contribution is 2.09. The Morgan fingerprint density at radius 3 is 2.06 bits per heavy atom. The zero-order valence-corrected chi connectivity index (χ0v) is 11.0. The van der Waals surface area contributed by atoms with Crippen LogP contribution in [0.5, 0.6) is 0 Å². The predicted octanol–water partition coefficient (Wildman–Crippen LogP) is 0.382. The van der Waals surface area contributed by atoms with E-state index in [-0.39, 0.29) is 5.92 Å². The fourth-order valence-corrected chi connectivity index (χ4v) is 1.14. The lowest BCUT2D eigenvalue weighted by molar-refractivity contribution is -0.123. The Morgan fingerprint density at radius 2 is 1.76 bits per heavy atom. The summed E-state index contributed by atoms with van der Waals surface area (Å²) in [7, 11) is 0. The first-order valence-electron chi connectivity index (χ1n) is 5.51. The number of nitrogens with one attached hydrogen (secondary N) is 1. The molecule has 0 saturated heterocycles. The van der Waals surface area contributed by atoms with Crippen LogP contribution in [-0.2, 0) is 9.53 Å². The second kappa shape index (κ2) is 5.86. The van der Waals surface area contributed by atoms with Crippen LogP contribution in [0.4, 0.5) is 4.79 Å². The minimum absolute atomic E-state index is 0.206. The molecule has 0 aliphatic carbocycles. The van der Waals surface area contributed by atoms with Crippen LogP contribution in [0.3, 0.4) is 0 Å². The minimum atomic E-state index is -1.15. The molecule has 0 aromatic heterocycles. The fraction of sp³-hybridized carbons (Fsp3) is 0.818. The Kier molecular flexibility index (Phi) is 5.41. The lowest BCUT2D eigenvalue weighted by Crippen LogP contribution is -2.54. The van der Waals surface area contributed by atoms with Gasteiger partial charge >= 0.3 is 6.09 Å². The molecule has 0 bridgehead atoms. The van der Waals surface area contributed by atoms with Crippen LogP contribution in [0, 0.1) is 5.92 Å². The molecule has 0 fully saturated rings. The first-order chi connectivity index (χ1) is 7.54. The summed E-state index contributed by atoms with van der Waals surface area (Å²) < 4.78 is 4.98. The molecular formula is C11H22N2O4. The van der Waals surface area contributed by atoms with Crippen molar-refractivity contribution in [3.8, 4) is 0 Å². The van der Waals surface area contributed by atoms with E-state index in [2.05, 4.69) is 5.32 Å². The van der Waals surface area contributed by atoms with Gasteiger partial charge in [0.15, 0.2) is 0 Å².